The molecule has 0 spiro atoms. The Morgan fingerprint density at radius 3 is 2.65 bits per heavy atom. The van der Waals surface area contributed by atoms with Gasteiger partial charge in [-0.05, 0) is 31.2 Å². The molecule has 3 heteroatoms. The monoisotopic (exact) mass is 266 g/mol. The van der Waals surface area contributed by atoms with Gasteiger partial charge in [0.15, 0.2) is 5.43 Å². The Hall–Kier alpha value is -2.55. The minimum atomic E-state index is -0.0480. The first-order valence-electron chi connectivity index (χ1n) is 6.54. The van der Waals surface area contributed by atoms with Crippen molar-refractivity contribution in [1.82, 2.24) is 0 Å². The van der Waals surface area contributed by atoms with E-state index in [1.54, 1.807) is 12.1 Å². The van der Waals surface area contributed by atoms with Crippen LogP contribution in [0.2, 0.25) is 0 Å². The number of benzene rings is 2. The van der Waals surface area contributed by atoms with Gasteiger partial charge < -0.3 is 9.15 Å². The molecule has 0 fully saturated rings. The first kappa shape index (κ1) is 12.5. The first-order chi connectivity index (χ1) is 9.79. The van der Waals surface area contributed by atoms with Crippen LogP contribution in [0.25, 0.3) is 22.3 Å². The SMILES string of the molecule is CCOc1ccccc1-c1cc(=O)c2ccccc2o1. The Labute approximate surface area is 116 Å². The third kappa shape index (κ3) is 2.18. The fourth-order valence-electron chi connectivity index (χ4n) is 2.19. The van der Waals surface area contributed by atoms with Crippen LogP contribution < -0.4 is 10.2 Å². The highest BCUT2D eigenvalue weighted by Crippen LogP contribution is 2.30. The van der Waals surface area contributed by atoms with Crippen molar-refractivity contribution in [2.24, 2.45) is 0 Å². The average molecular weight is 266 g/mol. The Morgan fingerprint density at radius 1 is 1.05 bits per heavy atom. The fourth-order valence-corrected chi connectivity index (χ4v) is 2.19. The van der Waals surface area contributed by atoms with E-state index < -0.39 is 0 Å². The molecule has 0 unspecified atom stereocenters. The summed E-state index contributed by atoms with van der Waals surface area (Å²) in [5.74, 6) is 1.24. The van der Waals surface area contributed by atoms with Gasteiger partial charge in [-0.2, -0.15) is 0 Å². The third-order valence-corrected chi connectivity index (χ3v) is 3.09. The largest absolute Gasteiger partial charge is 0.493 e. The second-order valence-electron chi connectivity index (χ2n) is 4.40. The molecule has 0 bridgehead atoms. The van der Waals surface area contributed by atoms with Gasteiger partial charge in [0.25, 0.3) is 0 Å². The molecule has 0 N–H and O–H groups in total. The molecule has 0 aliphatic rings. The van der Waals surface area contributed by atoms with Crippen LogP contribution in [-0.4, -0.2) is 6.61 Å². The van der Waals surface area contributed by atoms with E-state index >= 15 is 0 Å². The molecule has 100 valence electrons. The molecule has 3 aromatic rings. The predicted molar refractivity (Wildman–Crippen MR) is 79.1 cm³/mol. The molecule has 3 rings (SSSR count). The van der Waals surface area contributed by atoms with E-state index in [1.165, 1.54) is 6.07 Å². The Kier molecular flexibility index (Phi) is 3.25. The molecule has 0 aliphatic heterocycles. The van der Waals surface area contributed by atoms with E-state index in [0.29, 0.717) is 29.1 Å². The number of ether oxygens (including phenoxy) is 1. The summed E-state index contributed by atoms with van der Waals surface area (Å²) in [4.78, 5) is 12.1. The average Bonchev–Trinajstić information content (AvgIpc) is 2.48. The molecular formula is C17H14O3. The van der Waals surface area contributed by atoms with Crippen molar-refractivity contribution in [3.63, 3.8) is 0 Å². The summed E-state index contributed by atoms with van der Waals surface area (Å²) in [6, 6.07) is 16.3. The number of hydrogen-bond acceptors (Lipinski definition) is 3. The van der Waals surface area contributed by atoms with Gasteiger partial charge in [-0.3, -0.25) is 4.79 Å². The van der Waals surface area contributed by atoms with Crippen LogP contribution in [0.4, 0.5) is 0 Å². The second-order valence-corrected chi connectivity index (χ2v) is 4.40. The summed E-state index contributed by atoms with van der Waals surface area (Å²) in [5.41, 5.74) is 1.33. The van der Waals surface area contributed by atoms with E-state index in [0.717, 1.165) is 5.56 Å². The second kappa shape index (κ2) is 5.21. The Bertz CT molecular complexity index is 802. The van der Waals surface area contributed by atoms with Gasteiger partial charge in [-0.15, -0.1) is 0 Å². The Morgan fingerprint density at radius 2 is 1.80 bits per heavy atom. The molecule has 2 aromatic carbocycles. The number of fused-ring (bicyclic) bond motifs is 1. The van der Waals surface area contributed by atoms with Crippen molar-refractivity contribution in [1.29, 1.82) is 0 Å². The number of para-hydroxylation sites is 2. The van der Waals surface area contributed by atoms with Crippen molar-refractivity contribution in [3.05, 3.63) is 64.8 Å². The van der Waals surface area contributed by atoms with Gasteiger partial charge in [-0.1, -0.05) is 24.3 Å². The normalized spacial score (nSPS) is 10.7. The molecule has 0 saturated heterocycles. The molecule has 0 aliphatic carbocycles. The van der Waals surface area contributed by atoms with E-state index in [4.69, 9.17) is 9.15 Å². The topological polar surface area (TPSA) is 39.4 Å². The molecule has 0 radical (unpaired) electrons. The van der Waals surface area contributed by atoms with Crippen molar-refractivity contribution < 1.29 is 9.15 Å². The van der Waals surface area contributed by atoms with Crippen LogP contribution in [0, 0.1) is 0 Å². The summed E-state index contributed by atoms with van der Waals surface area (Å²) < 4.78 is 11.4. The van der Waals surface area contributed by atoms with Crippen molar-refractivity contribution in [2.45, 2.75) is 6.92 Å². The maximum absolute atomic E-state index is 12.1. The summed E-state index contributed by atoms with van der Waals surface area (Å²) in [6.07, 6.45) is 0. The van der Waals surface area contributed by atoms with Crippen molar-refractivity contribution in [2.75, 3.05) is 6.61 Å². The zero-order chi connectivity index (χ0) is 13.9. The van der Waals surface area contributed by atoms with Crippen LogP contribution in [0.3, 0.4) is 0 Å². The van der Waals surface area contributed by atoms with Gasteiger partial charge in [0.05, 0.1) is 17.6 Å². The standard InChI is InChI=1S/C17H14O3/c1-2-19-15-9-5-4-8-13(15)17-11-14(18)12-7-3-6-10-16(12)20-17/h3-11H,2H2,1H3. The minimum Gasteiger partial charge on any atom is -0.493 e. The van der Waals surface area contributed by atoms with Gasteiger partial charge in [0, 0.05) is 6.07 Å². The van der Waals surface area contributed by atoms with Crippen LogP contribution >= 0.6 is 0 Å². The minimum absolute atomic E-state index is 0.0480. The highest BCUT2D eigenvalue weighted by molar-refractivity contribution is 5.79. The van der Waals surface area contributed by atoms with Gasteiger partial charge in [0.2, 0.25) is 0 Å². The van der Waals surface area contributed by atoms with Gasteiger partial charge in [-0.25, -0.2) is 0 Å². The fraction of sp³-hybridized carbons (Fsp3) is 0.118. The van der Waals surface area contributed by atoms with E-state index in [1.807, 2.05) is 43.3 Å². The molecule has 20 heavy (non-hydrogen) atoms. The first-order valence-corrected chi connectivity index (χ1v) is 6.54. The zero-order valence-corrected chi connectivity index (χ0v) is 11.1. The predicted octanol–water partition coefficient (Wildman–Crippen LogP) is 3.86. The maximum atomic E-state index is 12.1. The summed E-state index contributed by atoms with van der Waals surface area (Å²) in [6.45, 7) is 2.49. The quantitative estimate of drug-likeness (QED) is 0.722. The molecular weight excluding hydrogens is 252 g/mol. The van der Waals surface area contributed by atoms with Crippen LogP contribution in [-0.2, 0) is 0 Å². The van der Waals surface area contributed by atoms with Crippen molar-refractivity contribution in [3.8, 4) is 17.1 Å². The van der Waals surface area contributed by atoms with Crippen LogP contribution in [0.1, 0.15) is 6.92 Å². The summed E-state index contributed by atoms with van der Waals surface area (Å²) in [7, 11) is 0. The highest BCUT2D eigenvalue weighted by Gasteiger charge is 2.10. The lowest BCUT2D eigenvalue weighted by molar-refractivity contribution is 0.341. The summed E-state index contributed by atoms with van der Waals surface area (Å²) >= 11 is 0. The lowest BCUT2D eigenvalue weighted by Crippen LogP contribution is -2.01. The number of rotatable bonds is 3. The van der Waals surface area contributed by atoms with Gasteiger partial charge in [0.1, 0.15) is 17.1 Å². The van der Waals surface area contributed by atoms with Crippen molar-refractivity contribution >= 4 is 11.0 Å². The highest BCUT2D eigenvalue weighted by atomic mass is 16.5. The van der Waals surface area contributed by atoms with Crippen LogP contribution in [0.5, 0.6) is 5.75 Å². The summed E-state index contributed by atoms with van der Waals surface area (Å²) in [5, 5.41) is 0.588. The van der Waals surface area contributed by atoms with E-state index in [9.17, 15) is 4.79 Å². The molecule has 0 saturated carbocycles. The van der Waals surface area contributed by atoms with E-state index in [2.05, 4.69) is 0 Å². The Balaban J connectivity index is 2.23. The molecule has 0 amide bonds. The lowest BCUT2D eigenvalue weighted by atomic mass is 10.1. The van der Waals surface area contributed by atoms with Gasteiger partial charge >= 0.3 is 0 Å². The lowest BCUT2D eigenvalue weighted by Gasteiger charge is -2.09. The molecule has 3 nitrogen and oxygen atoms in total. The van der Waals surface area contributed by atoms with E-state index in [-0.39, 0.29) is 5.43 Å². The molecule has 1 heterocycles. The third-order valence-electron chi connectivity index (χ3n) is 3.09. The molecule has 1 aromatic heterocycles. The smallest absolute Gasteiger partial charge is 0.193 e. The van der Waals surface area contributed by atoms with Crippen LogP contribution in [0.15, 0.2) is 63.8 Å². The molecule has 0 atom stereocenters. The number of hydrogen-bond donors (Lipinski definition) is 0. The zero-order valence-electron chi connectivity index (χ0n) is 11.1. The maximum Gasteiger partial charge on any atom is 0.193 e.